The Morgan fingerprint density at radius 2 is 1.20 bits per heavy atom. The summed E-state index contributed by atoms with van der Waals surface area (Å²) < 4.78 is 23.8. The largest absolute Gasteiger partial charge is 0.510 e. The number of carboxylic acid groups (broad SMARTS) is 1. The Morgan fingerprint density at radius 3 is 1.52 bits per heavy atom. The Bertz CT molecular complexity index is 445. The van der Waals surface area contributed by atoms with E-state index in [1.165, 1.54) is 0 Å². The van der Waals surface area contributed by atoms with Crippen LogP contribution in [0.25, 0.3) is 0 Å². The summed E-state index contributed by atoms with van der Waals surface area (Å²) in [5, 5.41) is 8.45. The van der Waals surface area contributed by atoms with Crippen LogP contribution in [0.1, 0.15) is 6.42 Å². The average Bonchev–Trinajstić information content (AvgIpc) is 2.25. The van der Waals surface area contributed by atoms with Gasteiger partial charge in [-0.2, -0.15) is 0 Å². The number of rotatable bonds is 10. The highest BCUT2D eigenvalue weighted by molar-refractivity contribution is 6.92. The van der Waals surface area contributed by atoms with Crippen LogP contribution in [0.4, 0.5) is 4.79 Å². The van der Waals surface area contributed by atoms with Gasteiger partial charge in [0.15, 0.2) is 25.0 Å². The summed E-state index contributed by atoms with van der Waals surface area (Å²) in [6.07, 6.45) is 3.89. The lowest BCUT2D eigenvalue weighted by Crippen LogP contribution is -2.59. The van der Waals surface area contributed by atoms with E-state index in [1.807, 2.05) is 11.8 Å². The third-order valence-electron chi connectivity index (χ3n) is 2.20. The first-order valence-corrected chi connectivity index (χ1v) is 20.4. The van der Waals surface area contributed by atoms with Gasteiger partial charge in [-0.25, -0.2) is 4.79 Å². The molecule has 0 amide bonds. The summed E-state index contributed by atoms with van der Waals surface area (Å²) in [5.41, 5.74) is 1.95. The predicted octanol–water partition coefficient (Wildman–Crippen LogP) is 5.17. The first-order valence-electron chi connectivity index (χ1n) is 8.36. The lowest BCUT2D eigenvalue weighted by molar-refractivity contribution is 0.128. The fraction of sp³-hybridized carbons (Fsp3) is 0.667. The van der Waals surface area contributed by atoms with Gasteiger partial charge < -0.3 is 22.2 Å². The minimum atomic E-state index is -2.97. The van der Waals surface area contributed by atoms with E-state index in [0.29, 0.717) is 6.42 Å². The summed E-state index contributed by atoms with van der Waals surface area (Å²) in [6, 6.07) is 0. The molecule has 0 heterocycles. The highest BCUT2D eigenvalue weighted by Gasteiger charge is 2.48. The van der Waals surface area contributed by atoms with Crippen LogP contribution in [-0.4, -0.2) is 45.0 Å². The molecule has 0 saturated carbocycles. The van der Waals surface area contributed by atoms with E-state index in [-0.39, 0.29) is 0 Å². The predicted molar refractivity (Wildman–Crippen MR) is 111 cm³/mol. The van der Waals surface area contributed by atoms with Crippen LogP contribution in [0.5, 0.6) is 0 Å². The van der Waals surface area contributed by atoms with Crippen LogP contribution in [0, 0.1) is 0 Å². The number of ether oxygens (including phenoxy) is 1. The van der Waals surface area contributed by atoms with Gasteiger partial charge >= 0.3 is 15.0 Å². The number of hydrogen-bond donors (Lipinski definition) is 1. The SMILES string of the molecule is C[Si](C)(C)O[Si](C=CCC=COC(=O)O)(O[Si](C)(C)C)O[Si](C)(C)C. The maximum atomic E-state index is 10.3. The van der Waals surface area contributed by atoms with Gasteiger partial charge in [0.05, 0.1) is 6.26 Å². The molecule has 6 nitrogen and oxygen atoms in total. The monoisotopic (exact) mass is 422 g/mol. The lowest BCUT2D eigenvalue weighted by Gasteiger charge is -2.41. The molecule has 0 atom stereocenters. The van der Waals surface area contributed by atoms with E-state index < -0.39 is 39.9 Å². The average molecular weight is 423 g/mol. The van der Waals surface area contributed by atoms with Crippen molar-refractivity contribution < 1.29 is 27.0 Å². The van der Waals surface area contributed by atoms with Gasteiger partial charge in [-0.3, -0.25) is 0 Å². The molecule has 0 spiro atoms. The topological polar surface area (TPSA) is 74.2 Å². The van der Waals surface area contributed by atoms with E-state index in [1.54, 1.807) is 6.08 Å². The molecule has 0 aromatic rings. The second-order valence-corrected chi connectivity index (χ2v) is 25.3. The van der Waals surface area contributed by atoms with Crippen molar-refractivity contribution >= 4 is 39.9 Å². The minimum absolute atomic E-state index is 0.515. The molecular formula is C15H34O6Si4. The smallest absolute Gasteiger partial charge is 0.449 e. The van der Waals surface area contributed by atoms with Crippen LogP contribution >= 0.6 is 0 Å². The molecule has 25 heavy (non-hydrogen) atoms. The van der Waals surface area contributed by atoms with Gasteiger partial charge in [-0.15, -0.1) is 0 Å². The zero-order chi connectivity index (χ0) is 19.9. The van der Waals surface area contributed by atoms with Crippen molar-refractivity contribution in [2.24, 2.45) is 0 Å². The summed E-state index contributed by atoms with van der Waals surface area (Å²) >= 11 is 0. The number of carbonyl (C=O) groups is 1. The molecule has 0 fully saturated rings. The first kappa shape index (κ1) is 24.5. The second kappa shape index (κ2) is 9.44. The number of hydrogen-bond acceptors (Lipinski definition) is 5. The van der Waals surface area contributed by atoms with Gasteiger partial charge in [-0.05, 0) is 77.1 Å². The highest BCUT2D eigenvalue weighted by atomic mass is 28.5. The quantitative estimate of drug-likeness (QED) is 0.297. The molecule has 0 rings (SSSR count). The van der Waals surface area contributed by atoms with E-state index in [9.17, 15) is 4.79 Å². The van der Waals surface area contributed by atoms with Gasteiger partial charge in [0.25, 0.3) is 0 Å². The molecule has 0 unspecified atom stereocenters. The normalized spacial score (nSPS) is 14.4. The van der Waals surface area contributed by atoms with Crippen LogP contribution in [0.2, 0.25) is 58.9 Å². The van der Waals surface area contributed by atoms with Crippen LogP contribution < -0.4 is 0 Å². The minimum Gasteiger partial charge on any atom is -0.449 e. The Morgan fingerprint density at radius 1 is 0.800 bits per heavy atom. The van der Waals surface area contributed by atoms with Gasteiger partial charge in [0.1, 0.15) is 0 Å². The molecular weight excluding hydrogens is 389 g/mol. The maximum absolute atomic E-state index is 10.3. The molecule has 0 aliphatic heterocycles. The molecule has 0 saturated heterocycles. The van der Waals surface area contributed by atoms with Crippen molar-refractivity contribution in [3.05, 3.63) is 24.1 Å². The van der Waals surface area contributed by atoms with Crippen LogP contribution in [0.15, 0.2) is 24.1 Å². The molecule has 0 bridgehead atoms. The second-order valence-electron chi connectivity index (χ2n) is 8.64. The van der Waals surface area contributed by atoms with E-state index in [4.69, 9.17) is 17.5 Å². The number of allylic oxidation sites excluding steroid dienone is 2. The van der Waals surface area contributed by atoms with E-state index in [0.717, 1.165) is 6.26 Å². The highest BCUT2D eigenvalue weighted by Crippen LogP contribution is 2.26. The summed E-state index contributed by atoms with van der Waals surface area (Å²) in [6.45, 7) is 19.2. The standard InChI is InChI=1S/C15H34O6Si4/c1-22(2,3)19-25(20-23(4,5)6,21-24(7,8)9)14-12-10-11-13-18-15(16)17/h11-14H,10H2,1-9H3,(H,16,17). The van der Waals surface area contributed by atoms with Crippen molar-refractivity contribution in [1.82, 2.24) is 0 Å². The maximum Gasteiger partial charge on any atom is 0.510 e. The molecule has 0 aromatic carbocycles. The summed E-state index contributed by atoms with van der Waals surface area (Å²) in [4.78, 5) is 10.3. The molecule has 146 valence electrons. The fourth-order valence-electron chi connectivity index (χ4n) is 1.90. The zero-order valence-electron chi connectivity index (χ0n) is 17.0. The van der Waals surface area contributed by atoms with Crippen molar-refractivity contribution in [3.63, 3.8) is 0 Å². The molecule has 0 aliphatic rings. The first-order chi connectivity index (χ1) is 11.0. The van der Waals surface area contributed by atoms with Crippen molar-refractivity contribution in [2.75, 3.05) is 0 Å². The van der Waals surface area contributed by atoms with Gasteiger partial charge in [0.2, 0.25) is 0 Å². The molecule has 10 heteroatoms. The third kappa shape index (κ3) is 14.4. The van der Waals surface area contributed by atoms with Gasteiger partial charge in [0, 0.05) is 0 Å². The Labute approximate surface area is 156 Å². The Balaban J connectivity index is 5.49. The van der Waals surface area contributed by atoms with Crippen LogP contribution in [0.3, 0.4) is 0 Å². The summed E-state index contributed by atoms with van der Waals surface area (Å²) in [7, 11) is -8.66. The van der Waals surface area contributed by atoms with Crippen molar-refractivity contribution in [1.29, 1.82) is 0 Å². The fourth-order valence-corrected chi connectivity index (χ4v) is 15.0. The Hall–Kier alpha value is -0.502. The van der Waals surface area contributed by atoms with Gasteiger partial charge in [-0.1, -0.05) is 6.08 Å². The lowest BCUT2D eigenvalue weighted by atomic mass is 10.4. The molecule has 0 aliphatic carbocycles. The summed E-state index contributed by atoms with van der Waals surface area (Å²) in [5.74, 6) is 0. The van der Waals surface area contributed by atoms with Crippen molar-refractivity contribution in [3.8, 4) is 0 Å². The zero-order valence-corrected chi connectivity index (χ0v) is 21.0. The third-order valence-corrected chi connectivity index (χ3v) is 13.6. The molecule has 1 N–H and O–H groups in total. The molecule has 0 radical (unpaired) electrons. The van der Waals surface area contributed by atoms with Crippen molar-refractivity contribution in [2.45, 2.75) is 65.3 Å². The van der Waals surface area contributed by atoms with Crippen LogP contribution in [-0.2, 0) is 17.1 Å². The van der Waals surface area contributed by atoms with E-state index >= 15 is 0 Å². The van der Waals surface area contributed by atoms with E-state index in [2.05, 4.69) is 63.7 Å². The molecule has 0 aromatic heterocycles. The Kier molecular flexibility index (Phi) is 9.25.